The number of carboxylic acids is 1. The standard InChI is InChI=1S/C12H17NO7S/c1-7-3-10(15)9(12(16)17)4-11(7)21(18,19)13-8(5-14)6-20-2/h3-4,8,13-15H,5-6H2,1-2H3,(H,16,17). The second kappa shape index (κ2) is 6.85. The number of sulfonamides is 1. The Bertz CT molecular complexity index is 627. The molecule has 0 fully saturated rings. The number of carbonyl (C=O) groups is 1. The quantitative estimate of drug-likeness (QED) is 0.541. The van der Waals surface area contributed by atoms with E-state index in [1.807, 2.05) is 0 Å². The third kappa shape index (κ3) is 4.14. The molecule has 0 radical (unpaired) electrons. The highest BCUT2D eigenvalue weighted by atomic mass is 32.2. The summed E-state index contributed by atoms with van der Waals surface area (Å²) in [5, 5.41) is 27.5. The van der Waals surface area contributed by atoms with E-state index in [1.54, 1.807) is 0 Å². The fourth-order valence-corrected chi connectivity index (χ4v) is 3.21. The Morgan fingerprint density at radius 2 is 2.05 bits per heavy atom. The minimum Gasteiger partial charge on any atom is -0.507 e. The van der Waals surface area contributed by atoms with E-state index >= 15 is 0 Å². The summed E-state index contributed by atoms with van der Waals surface area (Å²) >= 11 is 0. The van der Waals surface area contributed by atoms with E-state index < -0.39 is 40.0 Å². The SMILES string of the molecule is COCC(CO)NS(=O)(=O)c1cc(C(=O)O)c(O)cc1C. The number of aromatic hydroxyl groups is 1. The number of rotatable bonds is 7. The predicted octanol–water partition coefficient (Wildman–Crippen LogP) is -0.316. The van der Waals surface area contributed by atoms with Gasteiger partial charge in [-0.05, 0) is 24.6 Å². The highest BCUT2D eigenvalue weighted by molar-refractivity contribution is 7.89. The Labute approximate surface area is 122 Å². The lowest BCUT2D eigenvalue weighted by atomic mass is 10.1. The van der Waals surface area contributed by atoms with Gasteiger partial charge in [0.25, 0.3) is 0 Å². The van der Waals surface area contributed by atoms with Crippen LogP contribution in [-0.4, -0.2) is 56.1 Å². The number of benzene rings is 1. The fraction of sp³-hybridized carbons (Fsp3) is 0.417. The van der Waals surface area contributed by atoms with Gasteiger partial charge in [0.1, 0.15) is 11.3 Å². The maximum atomic E-state index is 12.2. The first-order valence-corrected chi connectivity index (χ1v) is 7.40. The molecule has 0 bridgehead atoms. The number of carboxylic acid groups (broad SMARTS) is 1. The number of aromatic carboxylic acids is 1. The minimum atomic E-state index is -4.06. The summed E-state index contributed by atoms with van der Waals surface area (Å²) in [6.45, 7) is 0.902. The van der Waals surface area contributed by atoms with Gasteiger partial charge >= 0.3 is 5.97 Å². The summed E-state index contributed by atoms with van der Waals surface area (Å²) in [7, 11) is -2.71. The topological polar surface area (TPSA) is 133 Å². The molecule has 118 valence electrons. The summed E-state index contributed by atoms with van der Waals surface area (Å²) in [4.78, 5) is 10.7. The third-order valence-corrected chi connectivity index (χ3v) is 4.39. The first kappa shape index (κ1) is 17.4. The van der Waals surface area contributed by atoms with Gasteiger partial charge in [-0.3, -0.25) is 0 Å². The molecule has 0 aliphatic rings. The number of methoxy groups -OCH3 is 1. The van der Waals surface area contributed by atoms with Crippen molar-refractivity contribution in [3.8, 4) is 5.75 Å². The number of hydrogen-bond acceptors (Lipinski definition) is 6. The highest BCUT2D eigenvalue weighted by Crippen LogP contribution is 2.25. The molecule has 1 atom stereocenters. The molecule has 0 spiro atoms. The molecule has 0 aliphatic heterocycles. The number of aliphatic hydroxyl groups is 1. The van der Waals surface area contributed by atoms with Crippen LogP contribution in [0.1, 0.15) is 15.9 Å². The first-order valence-electron chi connectivity index (χ1n) is 5.92. The Morgan fingerprint density at radius 3 is 2.52 bits per heavy atom. The van der Waals surface area contributed by atoms with E-state index in [-0.39, 0.29) is 17.1 Å². The lowest BCUT2D eigenvalue weighted by Crippen LogP contribution is -2.40. The van der Waals surface area contributed by atoms with Gasteiger partial charge in [-0.15, -0.1) is 0 Å². The molecule has 0 amide bonds. The molecule has 9 heteroatoms. The number of hydrogen-bond donors (Lipinski definition) is 4. The smallest absolute Gasteiger partial charge is 0.339 e. The van der Waals surface area contributed by atoms with Crippen LogP contribution in [0.15, 0.2) is 17.0 Å². The Balaban J connectivity index is 3.25. The van der Waals surface area contributed by atoms with Crippen LogP contribution < -0.4 is 4.72 Å². The van der Waals surface area contributed by atoms with Crippen LogP contribution in [-0.2, 0) is 14.8 Å². The number of ether oxygens (including phenoxy) is 1. The van der Waals surface area contributed by atoms with Crippen molar-refractivity contribution in [1.82, 2.24) is 4.72 Å². The molecule has 1 aromatic rings. The normalized spacial score (nSPS) is 13.1. The molecule has 0 heterocycles. The monoisotopic (exact) mass is 319 g/mol. The van der Waals surface area contributed by atoms with Crippen LogP contribution in [0, 0.1) is 6.92 Å². The van der Waals surface area contributed by atoms with Crippen LogP contribution >= 0.6 is 0 Å². The summed E-state index contributed by atoms with van der Waals surface area (Å²) in [6, 6.07) is 1.07. The molecule has 1 rings (SSSR count). The van der Waals surface area contributed by atoms with Crippen molar-refractivity contribution in [2.24, 2.45) is 0 Å². The number of aryl methyl sites for hydroxylation is 1. The zero-order chi connectivity index (χ0) is 16.2. The van der Waals surface area contributed by atoms with E-state index in [9.17, 15) is 18.3 Å². The van der Waals surface area contributed by atoms with Crippen molar-refractivity contribution in [2.45, 2.75) is 17.9 Å². The van der Waals surface area contributed by atoms with Gasteiger partial charge in [0.2, 0.25) is 10.0 Å². The van der Waals surface area contributed by atoms with E-state index in [0.29, 0.717) is 0 Å². The molecule has 0 aromatic heterocycles. The molecular formula is C12H17NO7S. The average Bonchev–Trinajstić information content (AvgIpc) is 2.37. The van der Waals surface area contributed by atoms with Gasteiger partial charge in [0, 0.05) is 7.11 Å². The largest absolute Gasteiger partial charge is 0.507 e. The molecule has 0 saturated carbocycles. The number of nitrogens with one attached hydrogen (secondary N) is 1. The first-order chi connectivity index (χ1) is 9.72. The zero-order valence-corrected chi connectivity index (χ0v) is 12.3. The van der Waals surface area contributed by atoms with Gasteiger partial charge in [-0.25, -0.2) is 17.9 Å². The number of aliphatic hydroxyl groups excluding tert-OH is 1. The highest BCUT2D eigenvalue weighted by Gasteiger charge is 2.24. The van der Waals surface area contributed by atoms with E-state index in [2.05, 4.69) is 4.72 Å². The zero-order valence-electron chi connectivity index (χ0n) is 11.5. The van der Waals surface area contributed by atoms with E-state index in [0.717, 1.165) is 12.1 Å². The fourth-order valence-electron chi connectivity index (χ4n) is 1.74. The minimum absolute atomic E-state index is 0.0430. The summed E-state index contributed by atoms with van der Waals surface area (Å²) in [5.74, 6) is -1.96. The molecule has 1 unspecified atom stereocenters. The van der Waals surface area contributed by atoms with Crippen molar-refractivity contribution in [3.05, 3.63) is 23.3 Å². The molecule has 1 aromatic carbocycles. The second-order valence-electron chi connectivity index (χ2n) is 4.40. The van der Waals surface area contributed by atoms with Gasteiger partial charge in [-0.2, -0.15) is 0 Å². The molecule has 0 saturated heterocycles. The summed E-state index contributed by atoms with van der Waals surface area (Å²) in [6.07, 6.45) is 0. The summed E-state index contributed by atoms with van der Waals surface area (Å²) in [5.41, 5.74) is -0.340. The molecule has 4 N–H and O–H groups in total. The van der Waals surface area contributed by atoms with Crippen LogP contribution in [0.3, 0.4) is 0 Å². The molecule has 0 aliphatic carbocycles. The van der Waals surface area contributed by atoms with Crippen LogP contribution in [0.25, 0.3) is 0 Å². The van der Waals surface area contributed by atoms with Gasteiger partial charge < -0.3 is 20.1 Å². The maximum Gasteiger partial charge on any atom is 0.339 e. The maximum absolute atomic E-state index is 12.2. The van der Waals surface area contributed by atoms with E-state index in [4.69, 9.17) is 14.9 Å². The van der Waals surface area contributed by atoms with Gasteiger partial charge in [0.15, 0.2) is 0 Å². The Kier molecular flexibility index (Phi) is 5.67. The van der Waals surface area contributed by atoms with Crippen LogP contribution in [0.5, 0.6) is 5.75 Å². The number of phenols is 1. The van der Waals surface area contributed by atoms with Crippen LogP contribution in [0.4, 0.5) is 0 Å². The summed E-state index contributed by atoms with van der Waals surface area (Å²) < 4.78 is 31.4. The predicted molar refractivity (Wildman–Crippen MR) is 72.9 cm³/mol. The third-order valence-electron chi connectivity index (χ3n) is 2.72. The molecule has 8 nitrogen and oxygen atoms in total. The Morgan fingerprint density at radius 1 is 1.43 bits per heavy atom. The van der Waals surface area contributed by atoms with Crippen molar-refractivity contribution in [3.63, 3.8) is 0 Å². The van der Waals surface area contributed by atoms with E-state index in [1.165, 1.54) is 14.0 Å². The van der Waals surface area contributed by atoms with Crippen LogP contribution in [0.2, 0.25) is 0 Å². The average molecular weight is 319 g/mol. The van der Waals surface area contributed by atoms with Crippen molar-refractivity contribution >= 4 is 16.0 Å². The van der Waals surface area contributed by atoms with Crippen molar-refractivity contribution < 1.29 is 33.3 Å². The molecular weight excluding hydrogens is 302 g/mol. The van der Waals surface area contributed by atoms with Gasteiger partial charge in [-0.1, -0.05) is 0 Å². The lowest BCUT2D eigenvalue weighted by Gasteiger charge is -2.17. The second-order valence-corrected chi connectivity index (χ2v) is 6.08. The Hall–Kier alpha value is -1.68. The molecule has 21 heavy (non-hydrogen) atoms. The lowest BCUT2D eigenvalue weighted by molar-refractivity contribution is 0.0693. The van der Waals surface area contributed by atoms with Crippen molar-refractivity contribution in [1.29, 1.82) is 0 Å². The van der Waals surface area contributed by atoms with Crippen molar-refractivity contribution in [2.75, 3.05) is 20.3 Å². The van der Waals surface area contributed by atoms with Gasteiger partial charge in [0.05, 0.1) is 24.2 Å².